The third kappa shape index (κ3) is 2.08. The average molecular weight is 227 g/mol. The first-order chi connectivity index (χ1) is 5.86. The number of alkyl halides is 1. The first kappa shape index (κ1) is 8.27. The number of benzene rings is 1. The molecule has 2 atom stereocenters. The Kier molecular flexibility index (Phi) is 2.47. The Labute approximate surface area is 80.9 Å². The highest BCUT2D eigenvalue weighted by atomic mass is 79.9. The van der Waals surface area contributed by atoms with Crippen molar-refractivity contribution < 1.29 is 4.74 Å². The summed E-state index contributed by atoms with van der Waals surface area (Å²) < 4.78 is 5.60. The quantitative estimate of drug-likeness (QED) is 0.721. The van der Waals surface area contributed by atoms with Crippen molar-refractivity contribution in [3.8, 4) is 0 Å². The average Bonchev–Trinajstić information content (AvgIpc) is 2.81. The summed E-state index contributed by atoms with van der Waals surface area (Å²) in [7, 11) is 0. The Morgan fingerprint density at radius 2 is 2.00 bits per heavy atom. The Morgan fingerprint density at radius 1 is 1.33 bits per heavy atom. The molecule has 0 heterocycles. The monoisotopic (exact) mass is 226 g/mol. The van der Waals surface area contributed by atoms with Crippen molar-refractivity contribution in [1.82, 2.24) is 0 Å². The molecule has 64 valence electrons. The van der Waals surface area contributed by atoms with Crippen LogP contribution in [0.15, 0.2) is 30.3 Å². The van der Waals surface area contributed by atoms with Crippen LogP contribution < -0.4 is 0 Å². The summed E-state index contributed by atoms with van der Waals surface area (Å²) in [6.07, 6.45) is 1.61. The van der Waals surface area contributed by atoms with Gasteiger partial charge in [0.05, 0.1) is 12.7 Å². The summed E-state index contributed by atoms with van der Waals surface area (Å²) in [6.45, 7) is 0.744. The van der Waals surface area contributed by atoms with Crippen LogP contribution in [0.2, 0.25) is 0 Å². The molecule has 1 aliphatic carbocycles. The maximum atomic E-state index is 5.60. The van der Waals surface area contributed by atoms with E-state index in [9.17, 15) is 0 Å². The fourth-order valence-corrected chi connectivity index (χ4v) is 1.61. The minimum atomic E-state index is 0.449. The van der Waals surface area contributed by atoms with Crippen molar-refractivity contribution >= 4 is 15.9 Å². The van der Waals surface area contributed by atoms with E-state index in [-0.39, 0.29) is 0 Å². The van der Waals surface area contributed by atoms with E-state index in [1.165, 1.54) is 5.56 Å². The number of hydrogen-bond donors (Lipinski definition) is 0. The lowest BCUT2D eigenvalue weighted by molar-refractivity contribution is 0.107. The lowest BCUT2D eigenvalue weighted by atomic mass is 10.2. The molecule has 0 unspecified atom stereocenters. The van der Waals surface area contributed by atoms with E-state index in [0.717, 1.165) is 13.0 Å². The van der Waals surface area contributed by atoms with Gasteiger partial charge in [-0.2, -0.15) is 0 Å². The number of halogens is 1. The third-order valence-corrected chi connectivity index (χ3v) is 2.93. The Hall–Kier alpha value is -0.340. The molecule has 0 N–H and O–H groups in total. The summed E-state index contributed by atoms with van der Waals surface area (Å²) in [4.78, 5) is 0.598. The van der Waals surface area contributed by atoms with Crippen molar-refractivity contribution in [2.24, 2.45) is 0 Å². The van der Waals surface area contributed by atoms with Gasteiger partial charge in [-0.25, -0.2) is 0 Å². The molecule has 1 saturated carbocycles. The highest BCUT2D eigenvalue weighted by Crippen LogP contribution is 2.33. The maximum absolute atomic E-state index is 5.60. The van der Waals surface area contributed by atoms with Crippen LogP contribution in [-0.4, -0.2) is 10.9 Å². The summed E-state index contributed by atoms with van der Waals surface area (Å²) >= 11 is 3.50. The van der Waals surface area contributed by atoms with Gasteiger partial charge in [0.1, 0.15) is 0 Å². The standard InChI is InChI=1S/C10H11BrO/c11-9-6-10(9)12-7-8-4-2-1-3-5-8/h1-5,9-10H,6-7H2/t9-,10+/m0/s1. The molecule has 0 bridgehead atoms. The highest BCUT2D eigenvalue weighted by Gasteiger charge is 2.35. The predicted octanol–water partition coefficient (Wildman–Crippen LogP) is 2.74. The summed E-state index contributed by atoms with van der Waals surface area (Å²) in [5, 5.41) is 0. The topological polar surface area (TPSA) is 9.23 Å². The normalized spacial score (nSPS) is 27.1. The highest BCUT2D eigenvalue weighted by molar-refractivity contribution is 9.09. The van der Waals surface area contributed by atoms with E-state index in [1.807, 2.05) is 18.2 Å². The number of ether oxygens (including phenoxy) is 1. The van der Waals surface area contributed by atoms with Crippen molar-refractivity contribution in [2.75, 3.05) is 0 Å². The second kappa shape index (κ2) is 3.58. The first-order valence-corrected chi connectivity index (χ1v) is 5.07. The zero-order chi connectivity index (χ0) is 8.39. The van der Waals surface area contributed by atoms with E-state index in [2.05, 4.69) is 28.1 Å². The van der Waals surface area contributed by atoms with Crippen LogP contribution in [0.1, 0.15) is 12.0 Å². The molecule has 1 aliphatic rings. The van der Waals surface area contributed by atoms with E-state index < -0.39 is 0 Å². The lowest BCUT2D eigenvalue weighted by Gasteiger charge is -2.01. The van der Waals surface area contributed by atoms with Crippen LogP contribution >= 0.6 is 15.9 Å². The van der Waals surface area contributed by atoms with E-state index in [4.69, 9.17) is 4.74 Å². The Morgan fingerprint density at radius 3 is 2.58 bits per heavy atom. The smallest absolute Gasteiger partial charge is 0.0721 e. The molecular formula is C10H11BrO. The number of hydrogen-bond acceptors (Lipinski definition) is 1. The van der Waals surface area contributed by atoms with Gasteiger partial charge in [-0.05, 0) is 12.0 Å². The van der Waals surface area contributed by atoms with Gasteiger partial charge < -0.3 is 4.74 Å². The molecule has 12 heavy (non-hydrogen) atoms. The third-order valence-electron chi connectivity index (χ3n) is 1.96. The largest absolute Gasteiger partial charge is 0.372 e. The van der Waals surface area contributed by atoms with Gasteiger partial charge in [0.2, 0.25) is 0 Å². The molecule has 0 saturated heterocycles. The van der Waals surface area contributed by atoms with Gasteiger partial charge in [-0.3, -0.25) is 0 Å². The van der Waals surface area contributed by atoms with Gasteiger partial charge in [0, 0.05) is 4.83 Å². The molecule has 1 nitrogen and oxygen atoms in total. The lowest BCUT2D eigenvalue weighted by Crippen LogP contribution is -1.96. The molecule has 2 rings (SSSR count). The molecule has 0 spiro atoms. The van der Waals surface area contributed by atoms with Crippen LogP contribution in [0.5, 0.6) is 0 Å². The van der Waals surface area contributed by atoms with Crippen LogP contribution in [0.4, 0.5) is 0 Å². The number of rotatable bonds is 3. The fourth-order valence-electron chi connectivity index (χ4n) is 1.09. The van der Waals surface area contributed by atoms with Gasteiger partial charge in [0.25, 0.3) is 0 Å². The molecule has 2 heteroatoms. The Bertz CT molecular complexity index is 247. The summed E-state index contributed by atoms with van der Waals surface area (Å²) in [5.74, 6) is 0. The molecular weight excluding hydrogens is 216 g/mol. The molecule has 0 radical (unpaired) electrons. The van der Waals surface area contributed by atoms with Crippen molar-refractivity contribution in [2.45, 2.75) is 24.0 Å². The first-order valence-electron chi connectivity index (χ1n) is 4.16. The molecule has 1 aromatic carbocycles. The molecule has 0 amide bonds. The molecule has 0 aliphatic heterocycles. The second-order valence-electron chi connectivity index (χ2n) is 3.09. The minimum absolute atomic E-state index is 0.449. The summed E-state index contributed by atoms with van der Waals surface area (Å²) in [6, 6.07) is 10.3. The van der Waals surface area contributed by atoms with Gasteiger partial charge in [-0.1, -0.05) is 46.3 Å². The van der Waals surface area contributed by atoms with Crippen molar-refractivity contribution in [3.05, 3.63) is 35.9 Å². The molecule has 0 aromatic heterocycles. The maximum Gasteiger partial charge on any atom is 0.0721 e. The summed E-state index contributed by atoms with van der Waals surface area (Å²) in [5.41, 5.74) is 1.25. The molecule has 1 aromatic rings. The SMILES string of the molecule is Br[C@H]1C[C@H]1OCc1ccccc1. The van der Waals surface area contributed by atoms with Gasteiger partial charge in [0.15, 0.2) is 0 Å². The Balaban J connectivity index is 1.80. The van der Waals surface area contributed by atoms with Crippen molar-refractivity contribution in [3.63, 3.8) is 0 Å². The van der Waals surface area contributed by atoms with Crippen LogP contribution in [0.3, 0.4) is 0 Å². The zero-order valence-corrected chi connectivity index (χ0v) is 8.33. The fraction of sp³-hybridized carbons (Fsp3) is 0.400. The van der Waals surface area contributed by atoms with Gasteiger partial charge >= 0.3 is 0 Å². The van der Waals surface area contributed by atoms with Crippen molar-refractivity contribution in [1.29, 1.82) is 0 Å². The van der Waals surface area contributed by atoms with Gasteiger partial charge in [-0.15, -0.1) is 0 Å². The van der Waals surface area contributed by atoms with E-state index >= 15 is 0 Å². The predicted molar refractivity (Wildman–Crippen MR) is 52.4 cm³/mol. The minimum Gasteiger partial charge on any atom is -0.372 e. The van der Waals surface area contributed by atoms with Crippen LogP contribution in [-0.2, 0) is 11.3 Å². The zero-order valence-electron chi connectivity index (χ0n) is 6.74. The molecule has 1 fully saturated rings. The van der Waals surface area contributed by atoms with E-state index in [1.54, 1.807) is 0 Å². The van der Waals surface area contributed by atoms with Crippen LogP contribution in [0.25, 0.3) is 0 Å². The van der Waals surface area contributed by atoms with Crippen LogP contribution in [0, 0.1) is 0 Å². The van der Waals surface area contributed by atoms with E-state index in [0.29, 0.717) is 10.9 Å². The second-order valence-corrected chi connectivity index (χ2v) is 4.26.